The van der Waals surface area contributed by atoms with Crippen molar-refractivity contribution in [2.45, 2.75) is 25.7 Å². The maximum Gasteiger partial charge on any atom is 0.233 e. The van der Waals surface area contributed by atoms with Gasteiger partial charge in [-0.25, -0.2) is 5.84 Å². The molecule has 1 heterocycles. The van der Waals surface area contributed by atoms with Gasteiger partial charge in [-0.3, -0.25) is 10.2 Å². The summed E-state index contributed by atoms with van der Waals surface area (Å²) in [5.41, 5.74) is 2.12. The number of rotatable bonds is 5. The van der Waals surface area contributed by atoms with E-state index >= 15 is 0 Å². The molecule has 0 aliphatic heterocycles. The molecular formula is C9H13BrN2OS. The van der Waals surface area contributed by atoms with Crippen molar-refractivity contribution in [3.63, 3.8) is 0 Å². The van der Waals surface area contributed by atoms with Crippen LogP contribution in [0.5, 0.6) is 0 Å². The van der Waals surface area contributed by atoms with Gasteiger partial charge in [0.15, 0.2) is 0 Å². The molecule has 3 N–H and O–H groups in total. The van der Waals surface area contributed by atoms with E-state index < -0.39 is 0 Å². The molecule has 0 atom stereocenters. The number of hydrogen-bond donors (Lipinski definition) is 2. The predicted octanol–water partition coefficient (Wildman–Crippen LogP) is 2.21. The average molecular weight is 277 g/mol. The van der Waals surface area contributed by atoms with Crippen molar-refractivity contribution in [1.29, 1.82) is 0 Å². The van der Waals surface area contributed by atoms with Crippen LogP contribution in [0.3, 0.4) is 0 Å². The van der Waals surface area contributed by atoms with Crippen molar-refractivity contribution >= 4 is 33.2 Å². The summed E-state index contributed by atoms with van der Waals surface area (Å²) in [6, 6.07) is 2.12. The fraction of sp³-hybridized carbons (Fsp3) is 0.444. The molecule has 0 aliphatic rings. The molecule has 0 saturated heterocycles. The normalized spacial score (nSPS) is 10.1. The first-order valence-electron chi connectivity index (χ1n) is 4.44. The summed E-state index contributed by atoms with van der Waals surface area (Å²) in [5.74, 6) is 4.88. The molecule has 1 amide bonds. The number of halogens is 1. The Balaban J connectivity index is 2.13. The van der Waals surface area contributed by atoms with Gasteiger partial charge in [0.25, 0.3) is 0 Å². The fourth-order valence-electron chi connectivity index (χ4n) is 1.14. The van der Waals surface area contributed by atoms with Crippen molar-refractivity contribution in [3.8, 4) is 0 Å². The van der Waals surface area contributed by atoms with E-state index in [9.17, 15) is 4.79 Å². The van der Waals surface area contributed by atoms with Crippen molar-refractivity contribution in [1.82, 2.24) is 5.43 Å². The van der Waals surface area contributed by atoms with Gasteiger partial charge in [-0.15, -0.1) is 11.3 Å². The highest BCUT2D eigenvalue weighted by atomic mass is 79.9. The largest absolute Gasteiger partial charge is 0.294 e. The monoisotopic (exact) mass is 276 g/mol. The molecule has 0 unspecified atom stereocenters. The summed E-state index contributed by atoms with van der Waals surface area (Å²) in [7, 11) is 0. The maximum atomic E-state index is 10.8. The number of unbranched alkanes of at least 4 members (excludes halogenated alkanes) is 1. The second-order valence-corrected chi connectivity index (χ2v) is 4.92. The van der Waals surface area contributed by atoms with Gasteiger partial charge in [0.2, 0.25) is 5.91 Å². The van der Waals surface area contributed by atoms with E-state index in [4.69, 9.17) is 5.84 Å². The molecule has 0 aliphatic carbocycles. The first-order valence-corrected chi connectivity index (χ1v) is 6.12. The van der Waals surface area contributed by atoms with Gasteiger partial charge < -0.3 is 0 Å². The number of nitrogens with two attached hydrogens (primary N) is 1. The van der Waals surface area contributed by atoms with Crippen LogP contribution in [0.15, 0.2) is 15.9 Å². The van der Waals surface area contributed by atoms with E-state index in [1.54, 1.807) is 11.3 Å². The Morgan fingerprint density at radius 2 is 2.36 bits per heavy atom. The van der Waals surface area contributed by atoms with E-state index in [1.165, 1.54) is 4.88 Å². The standard InChI is InChI=1S/C9H13BrN2OS/c10-7-5-8(14-6-7)3-1-2-4-9(13)12-11/h5-6H,1-4,11H2,(H,12,13). The van der Waals surface area contributed by atoms with Crippen LogP contribution in [0.4, 0.5) is 0 Å². The van der Waals surface area contributed by atoms with E-state index in [2.05, 4.69) is 32.8 Å². The van der Waals surface area contributed by atoms with E-state index in [0.717, 1.165) is 23.7 Å². The third-order valence-corrected chi connectivity index (χ3v) is 3.62. The number of carbonyl (C=O) groups is 1. The predicted molar refractivity (Wildman–Crippen MR) is 61.9 cm³/mol. The number of hydrazine groups is 1. The van der Waals surface area contributed by atoms with Crippen LogP contribution in [-0.4, -0.2) is 5.91 Å². The Hall–Kier alpha value is -0.390. The quantitative estimate of drug-likeness (QED) is 0.375. The molecule has 0 saturated carbocycles. The van der Waals surface area contributed by atoms with Gasteiger partial charge in [0.1, 0.15) is 0 Å². The minimum absolute atomic E-state index is 0.0858. The lowest BCUT2D eigenvalue weighted by Gasteiger charge is -1.98. The SMILES string of the molecule is NNC(=O)CCCCc1cc(Br)cs1. The molecule has 0 bridgehead atoms. The Bertz CT molecular complexity index is 301. The lowest BCUT2D eigenvalue weighted by Crippen LogP contribution is -2.29. The third kappa shape index (κ3) is 4.21. The van der Waals surface area contributed by atoms with Crippen LogP contribution < -0.4 is 11.3 Å². The Kier molecular flexibility index (Phi) is 5.14. The number of nitrogens with one attached hydrogen (secondary N) is 1. The number of amides is 1. The zero-order valence-electron chi connectivity index (χ0n) is 7.75. The van der Waals surface area contributed by atoms with Crippen LogP contribution in [0, 0.1) is 0 Å². The number of thiophene rings is 1. The topological polar surface area (TPSA) is 55.1 Å². The average Bonchev–Trinajstić information content (AvgIpc) is 2.58. The second kappa shape index (κ2) is 6.16. The van der Waals surface area contributed by atoms with Crippen LogP contribution >= 0.6 is 27.3 Å². The smallest absolute Gasteiger partial charge is 0.233 e. The molecule has 0 aromatic carbocycles. The molecular weight excluding hydrogens is 264 g/mol. The van der Waals surface area contributed by atoms with Crippen molar-refractivity contribution in [2.24, 2.45) is 5.84 Å². The molecule has 0 fully saturated rings. The molecule has 78 valence electrons. The highest BCUT2D eigenvalue weighted by molar-refractivity contribution is 9.10. The minimum Gasteiger partial charge on any atom is -0.294 e. The van der Waals surface area contributed by atoms with Crippen molar-refractivity contribution in [3.05, 3.63) is 20.8 Å². The number of carbonyl (C=O) groups excluding carboxylic acids is 1. The zero-order chi connectivity index (χ0) is 10.4. The summed E-state index contributed by atoms with van der Waals surface area (Å²) < 4.78 is 1.14. The Morgan fingerprint density at radius 3 is 2.93 bits per heavy atom. The molecule has 3 nitrogen and oxygen atoms in total. The van der Waals surface area contributed by atoms with Gasteiger partial charge in [-0.1, -0.05) is 0 Å². The maximum absolute atomic E-state index is 10.8. The van der Waals surface area contributed by atoms with Gasteiger partial charge in [-0.05, 0) is 41.3 Å². The zero-order valence-corrected chi connectivity index (χ0v) is 10.2. The summed E-state index contributed by atoms with van der Waals surface area (Å²) >= 11 is 5.15. The summed E-state index contributed by atoms with van der Waals surface area (Å²) in [4.78, 5) is 12.1. The van der Waals surface area contributed by atoms with E-state index in [-0.39, 0.29) is 5.91 Å². The molecule has 1 aromatic heterocycles. The van der Waals surface area contributed by atoms with Crippen LogP contribution in [0.1, 0.15) is 24.1 Å². The summed E-state index contributed by atoms with van der Waals surface area (Å²) in [6.07, 6.45) is 3.47. The van der Waals surface area contributed by atoms with Crippen LogP contribution in [0.25, 0.3) is 0 Å². The van der Waals surface area contributed by atoms with Gasteiger partial charge >= 0.3 is 0 Å². The first kappa shape index (κ1) is 11.7. The summed E-state index contributed by atoms with van der Waals surface area (Å²) in [5, 5.41) is 2.07. The first-order chi connectivity index (χ1) is 6.72. The molecule has 1 rings (SSSR count). The molecule has 0 radical (unpaired) electrons. The molecule has 0 spiro atoms. The third-order valence-electron chi connectivity index (χ3n) is 1.86. The Morgan fingerprint density at radius 1 is 1.57 bits per heavy atom. The van der Waals surface area contributed by atoms with Gasteiger partial charge in [0.05, 0.1) is 0 Å². The minimum atomic E-state index is -0.0858. The van der Waals surface area contributed by atoms with Crippen molar-refractivity contribution in [2.75, 3.05) is 0 Å². The van der Waals surface area contributed by atoms with E-state index in [0.29, 0.717) is 6.42 Å². The van der Waals surface area contributed by atoms with E-state index in [1.807, 2.05) is 0 Å². The lowest BCUT2D eigenvalue weighted by molar-refractivity contribution is -0.121. The summed E-state index contributed by atoms with van der Waals surface area (Å²) in [6.45, 7) is 0. The van der Waals surface area contributed by atoms with Gasteiger partial charge in [0, 0.05) is 21.2 Å². The second-order valence-electron chi connectivity index (χ2n) is 3.01. The van der Waals surface area contributed by atoms with Crippen molar-refractivity contribution < 1.29 is 4.79 Å². The fourth-order valence-corrected chi connectivity index (χ4v) is 2.64. The lowest BCUT2D eigenvalue weighted by atomic mass is 10.2. The van der Waals surface area contributed by atoms with Crippen LogP contribution in [0.2, 0.25) is 0 Å². The Labute approximate surface area is 95.8 Å². The molecule has 1 aromatic rings. The van der Waals surface area contributed by atoms with Gasteiger partial charge in [-0.2, -0.15) is 0 Å². The molecule has 5 heteroatoms. The highest BCUT2D eigenvalue weighted by Gasteiger charge is 2.00. The highest BCUT2D eigenvalue weighted by Crippen LogP contribution is 2.21. The number of aryl methyl sites for hydroxylation is 1. The number of hydrogen-bond acceptors (Lipinski definition) is 3. The molecule has 14 heavy (non-hydrogen) atoms. The van der Waals surface area contributed by atoms with Crippen LogP contribution in [-0.2, 0) is 11.2 Å².